The number of carbonyl (C=O) groups excluding carboxylic acids is 1. The summed E-state index contributed by atoms with van der Waals surface area (Å²) < 4.78 is 7.19. The second kappa shape index (κ2) is 38.1. The molecule has 2 unspecified atom stereocenters. The molecule has 0 saturated heterocycles. The number of nitrogens with one attached hydrogen (secondary N) is 1. The van der Waals surface area contributed by atoms with E-state index in [4.69, 9.17) is 0 Å². The number of anilines is 2. The summed E-state index contributed by atoms with van der Waals surface area (Å²) in [6, 6.07) is 31.4. The minimum Gasteiger partial charge on any atom is -0.871 e. The minimum absolute atomic E-state index is 0.0120. The Balaban J connectivity index is 1.14. The molecule has 1 aliphatic carbocycles. The molecule has 0 amide bonds. The average molecular weight is 1190 g/mol. The van der Waals surface area contributed by atoms with Crippen LogP contribution in [0.15, 0.2) is 120 Å². The molecular weight excluding hydrogens is 1080 g/mol. The number of quaternary nitrogens is 1. The van der Waals surface area contributed by atoms with Crippen molar-refractivity contribution in [2.24, 2.45) is 0 Å². The van der Waals surface area contributed by atoms with E-state index in [2.05, 4.69) is 219 Å². The summed E-state index contributed by atoms with van der Waals surface area (Å²) in [5, 5.41) is 14.8. The van der Waals surface area contributed by atoms with E-state index in [0.29, 0.717) is 11.1 Å². The monoisotopic (exact) mass is 1190 g/mol. The van der Waals surface area contributed by atoms with Gasteiger partial charge in [-0.15, -0.1) is 0 Å². The largest absolute Gasteiger partial charge is 0.871 e. The van der Waals surface area contributed by atoms with Crippen molar-refractivity contribution in [2.45, 2.75) is 235 Å². The zero-order valence-corrected chi connectivity index (χ0v) is 56.1. The number of nitrogens with zero attached hydrogens (tertiary/aromatic N) is 5. The first-order valence-electron chi connectivity index (χ1n) is 35.5. The number of hydrogen-bond acceptors (Lipinski definition) is 4. The summed E-state index contributed by atoms with van der Waals surface area (Å²) in [5.74, 6) is -0.225. The first kappa shape index (κ1) is 69.0. The van der Waals surface area contributed by atoms with Crippen molar-refractivity contribution >= 4 is 65.3 Å². The Morgan fingerprint density at radius 3 is 1.20 bits per heavy atom. The second-order valence-electron chi connectivity index (χ2n) is 25.1. The van der Waals surface area contributed by atoms with Crippen molar-refractivity contribution in [1.29, 1.82) is 0 Å². The van der Waals surface area contributed by atoms with Crippen LogP contribution in [0.4, 0.5) is 11.4 Å². The lowest BCUT2D eigenvalue weighted by Gasteiger charge is -2.33. The number of hydrogen-bond donors (Lipinski definition) is 1. The van der Waals surface area contributed by atoms with Crippen molar-refractivity contribution in [3.63, 3.8) is 0 Å². The van der Waals surface area contributed by atoms with E-state index in [1.807, 2.05) is 6.07 Å². The molecule has 2 atom stereocenters. The van der Waals surface area contributed by atoms with Gasteiger partial charge in [0.15, 0.2) is 5.78 Å². The molecule has 0 bridgehead atoms. The molecule has 0 fully saturated rings. The predicted molar refractivity (Wildman–Crippen MR) is 380 cm³/mol. The van der Waals surface area contributed by atoms with Gasteiger partial charge in [0.2, 0.25) is 0 Å². The molecule has 2 aromatic carbocycles. The van der Waals surface area contributed by atoms with Crippen LogP contribution in [0.2, 0.25) is 0 Å². The van der Waals surface area contributed by atoms with Gasteiger partial charge in [0.25, 0.3) is 0 Å². The van der Waals surface area contributed by atoms with E-state index < -0.39 is 0 Å². The summed E-state index contributed by atoms with van der Waals surface area (Å²) in [5.41, 5.74) is 13.1. The van der Waals surface area contributed by atoms with Crippen LogP contribution in [-0.4, -0.2) is 58.3 Å². The Morgan fingerprint density at radius 2 is 0.784 bits per heavy atom. The minimum atomic E-state index is -0.113. The molecule has 7 rings (SSSR count). The summed E-state index contributed by atoms with van der Waals surface area (Å²) in [4.78, 5) is 21.1. The van der Waals surface area contributed by atoms with Gasteiger partial charge in [-0.05, 0) is 172 Å². The van der Waals surface area contributed by atoms with Crippen molar-refractivity contribution in [2.75, 3.05) is 42.5 Å². The lowest BCUT2D eigenvalue weighted by atomic mass is 9.84. The quantitative estimate of drug-likeness (QED) is 0.0312. The van der Waals surface area contributed by atoms with E-state index in [-0.39, 0.29) is 17.6 Å². The van der Waals surface area contributed by atoms with Crippen molar-refractivity contribution in [3.8, 4) is 0 Å². The second-order valence-corrected chi connectivity index (χ2v) is 25.1. The third-order valence-electron chi connectivity index (χ3n) is 18.2. The van der Waals surface area contributed by atoms with Gasteiger partial charge in [0.1, 0.15) is 11.7 Å². The van der Waals surface area contributed by atoms with Gasteiger partial charge < -0.3 is 28.6 Å². The fourth-order valence-corrected chi connectivity index (χ4v) is 12.7. The highest BCUT2D eigenvalue weighted by molar-refractivity contribution is 6.38. The number of ketones is 1. The van der Waals surface area contributed by atoms with E-state index in [1.54, 1.807) is 0 Å². The molecule has 1 N–H and O–H groups in total. The van der Waals surface area contributed by atoms with Gasteiger partial charge in [-0.3, -0.25) is 9.69 Å². The maximum atomic E-state index is 14.8. The molecule has 0 saturated carbocycles. The molecule has 0 radical (unpaired) electrons. The number of aromatic nitrogens is 3. The van der Waals surface area contributed by atoms with Gasteiger partial charge in [0, 0.05) is 97.3 Å². The van der Waals surface area contributed by atoms with Gasteiger partial charge in [0.05, 0.1) is 17.8 Å². The lowest BCUT2D eigenvalue weighted by molar-refractivity contribution is -0.866. The van der Waals surface area contributed by atoms with Crippen LogP contribution < -0.4 is 19.8 Å². The summed E-state index contributed by atoms with van der Waals surface area (Å²) in [6.45, 7) is 26.1. The standard InChI is InChI=1S/C80H114N6O2/c1-9-17-25-29-61-83-69(43-37-65-33-39-67(40-34-65)81(57-21-13-5)58-22-14-6)45-47-71(83)49-51-73-53-55-75(85(73)63-31-27-19-11-3)77-79(87)78(80(77)88)76-56-54-74(86(76)64-32-28-20-12-4)52-50-72-48-46-70(84(72)62-30-26-18-10-2)44-38-66-35-41-68(42-36-66)82(59-23-15-7)60-24-16-8/h33-56,73,87H,9-32,57-64H2,1-8H3/b43-37+,44-38+,51-49+,52-50+,77-75-. The third-order valence-corrected chi connectivity index (χ3v) is 18.2. The zero-order chi connectivity index (χ0) is 62.3. The SMILES string of the molecule is CCCCCCn1c(/C=C/c2ccc(N(CCCC)CCCC)cc2)ccc1/C=C/c1ccc(C2=C([O-])/C(=C3\C=CC(/C=C/c4ccc(/C=C/c5ccc(N(CCCC)CCCC)cc5)n4CCCCCC)[NH+]3CCCCCC)C2=O)n1CCCCCC. The molecule has 1 aliphatic heterocycles. The highest BCUT2D eigenvalue weighted by Gasteiger charge is 2.39. The summed E-state index contributed by atoms with van der Waals surface area (Å²) >= 11 is 0. The van der Waals surface area contributed by atoms with Gasteiger partial charge >= 0.3 is 0 Å². The molecule has 3 aromatic heterocycles. The first-order valence-corrected chi connectivity index (χ1v) is 35.5. The number of Topliss-reactive ketones (excluding diaryl/α,β-unsaturated/α-hetero) is 1. The van der Waals surface area contributed by atoms with Gasteiger partial charge in [-0.1, -0.05) is 194 Å². The van der Waals surface area contributed by atoms with Crippen LogP contribution in [0.5, 0.6) is 0 Å². The van der Waals surface area contributed by atoms with Crippen LogP contribution in [0.25, 0.3) is 48.1 Å². The maximum absolute atomic E-state index is 14.8. The molecule has 88 heavy (non-hydrogen) atoms. The predicted octanol–water partition coefficient (Wildman–Crippen LogP) is 19.2. The Kier molecular flexibility index (Phi) is 29.9. The Hall–Kier alpha value is -6.51. The van der Waals surface area contributed by atoms with Gasteiger partial charge in [-0.25, -0.2) is 0 Å². The van der Waals surface area contributed by atoms with E-state index >= 15 is 0 Å². The van der Waals surface area contributed by atoms with Crippen molar-refractivity contribution in [3.05, 3.63) is 165 Å². The number of carbonyl (C=O) groups is 1. The highest BCUT2D eigenvalue weighted by atomic mass is 16.3. The van der Waals surface area contributed by atoms with Crippen molar-refractivity contribution < 1.29 is 14.8 Å². The highest BCUT2D eigenvalue weighted by Crippen LogP contribution is 2.38. The van der Waals surface area contributed by atoms with E-state index in [1.165, 1.54) is 141 Å². The Morgan fingerprint density at radius 1 is 0.409 bits per heavy atom. The molecule has 4 heterocycles. The van der Waals surface area contributed by atoms with Crippen LogP contribution in [0.3, 0.4) is 0 Å². The molecule has 8 heteroatoms. The number of rotatable bonds is 43. The number of allylic oxidation sites excluding steroid dienone is 3. The maximum Gasteiger partial charge on any atom is 0.199 e. The number of benzene rings is 2. The fourth-order valence-electron chi connectivity index (χ4n) is 12.7. The van der Waals surface area contributed by atoms with E-state index in [0.717, 1.165) is 133 Å². The molecule has 8 nitrogen and oxygen atoms in total. The summed E-state index contributed by atoms with van der Waals surface area (Å²) in [7, 11) is 0. The molecule has 476 valence electrons. The molecule has 0 spiro atoms. The third kappa shape index (κ3) is 19.7. The van der Waals surface area contributed by atoms with Gasteiger partial charge in [-0.2, -0.15) is 0 Å². The summed E-state index contributed by atoms with van der Waals surface area (Å²) in [6.07, 6.45) is 50.5. The lowest BCUT2D eigenvalue weighted by Crippen LogP contribution is -3.12. The molecule has 2 aliphatic rings. The Bertz CT molecular complexity index is 3060. The van der Waals surface area contributed by atoms with E-state index in [9.17, 15) is 9.90 Å². The van der Waals surface area contributed by atoms with Crippen LogP contribution in [-0.2, 0) is 24.4 Å². The fraction of sp³-hybridized carbons (Fsp3) is 0.512. The van der Waals surface area contributed by atoms with Crippen LogP contribution in [0.1, 0.15) is 255 Å². The first-order chi connectivity index (χ1) is 43.2. The van der Waals surface area contributed by atoms with Crippen LogP contribution in [0, 0.1) is 0 Å². The van der Waals surface area contributed by atoms with Crippen LogP contribution >= 0.6 is 0 Å². The Labute approximate surface area is 534 Å². The zero-order valence-electron chi connectivity index (χ0n) is 56.1. The number of unbranched alkanes of at least 4 members (excludes halogenated alkanes) is 16. The normalized spacial score (nSPS) is 16.2. The van der Waals surface area contributed by atoms with Crippen molar-refractivity contribution in [1.82, 2.24) is 13.7 Å². The molecular formula is C80H114N6O2. The topological polar surface area (TPSA) is 65.8 Å². The smallest absolute Gasteiger partial charge is 0.199 e. The molecule has 5 aromatic rings. The average Bonchev–Trinajstić information content (AvgIpc) is 1.82.